The van der Waals surface area contributed by atoms with Gasteiger partial charge in [0.05, 0.1) is 12.0 Å². The van der Waals surface area contributed by atoms with E-state index in [9.17, 15) is 18.0 Å². The number of nitrogens with one attached hydrogen (secondary N) is 1. The number of aromatic nitrogens is 2. The largest absolute Gasteiger partial charge is 0.472 e. The van der Waals surface area contributed by atoms with Crippen LogP contribution in [0, 0.1) is 11.3 Å². The Bertz CT molecular complexity index is 903. The van der Waals surface area contributed by atoms with Gasteiger partial charge in [0.25, 0.3) is 5.88 Å². The highest BCUT2D eigenvalue weighted by molar-refractivity contribution is 5.78. The molecular formula is C20H19F3N4O2. The van der Waals surface area contributed by atoms with E-state index in [-0.39, 0.29) is 36.0 Å². The molecule has 152 valence electrons. The predicted molar refractivity (Wildman–Crippen MR) is 96.7 cm³/mol. The lowest BCUT2D eigenvalue weighted by molar-refractivity contribution is -0.137. The van der Waals surface area contributed by atoms with Crippen LogP contribution in [-0.4, -0.2) is 28.0 Å². The van der Waals surface area contributed by atoms with Crippen molar-refractivity contribution in [2.24, 2.45) is 0 Å². The molecule has 1 aromatic carbocycles. The number of amides is 1. The van der Waals surface area contributed by atoms with Gasteiger partial charge in [0.1, 0.15) is 12.2 Å². The van der Waals surface area contributed by atoms with Gasteiger partial charge in [0, 0.05) is 18.4 Å². The fourth-order valence-electron chi connectivity index (χ4n) is 3.29. The third-order valence-corrected chi connectivity index (χ3v) is 4.71. The van der Waals surface area contributed by atoms with E-state index in [0.29, 0.717) is 31.2 Å². The van der Waals surface area contributed by atoms with E-state index in [1.165, 1.54) is 24.5 Å². The van der Waals surface area contributed by atoms with Crippen molar-refractivity contribution in [2.45, 2.75) is 50.4 Å². The number of nitrogens with zero attached hydrogens (tertiary/aromatic N) is 3. The Morgan fingerprint density at radius 3 is 2.62 bits per heavy atom. The monoisotopic (exact) mass is 404 g/mol. The van der Waals surface area contributed by atoms with Crippen LogP contribution in [0.3, 0.4) is 0 Å². The van der Waals surface area contributed by atoms with E-state index in [0.717, 1.165) is 12.1 Å². The van der Waals surface area contributed by atoms with Gasteiger partial charge in [-0.3, -0.25) is 4.79 Å². The van der Waals surface area contributed by atoms with Crippen molar-refractivity contribution in [1.29, 1.82) is 5.26 Å². The Morgan fingerprint density at radius 1 is 1.21 bits per heavy atom. The lowest BCUT2D eigenvalue weighted by atomic mass is 9.92. The minimum Gasteiger partial charge on any atom is -0.472 e. The summed E-state index contributed by atoms with van der Waals surface area (Å²) in [6.07, 6.45) is 0.868. The molecule has 0 aliphatic heterocycles. The summed E-state index contributed by atoms with van der Waals surface area (Å²) in [6, 6.07) is 6.66. The number of hydrogen-bond acceptors (Lipinski definition) is 5. The average Bonchev–Trinajstić information content (AvgIpc) is 2.69. The zero-order valence-electron chi connectivity index (χ0n) is 15.4. The van der Waals surface area contributed by atoms with Crippen LogP contribution < -0.4 is 10.1 Å². The number of ether oxygens (including phenoxy) is 1. The molecule has 29 heavy (non-hydrogen) atoms. The van der Waals surface area contributed by atoms with Gasteiger partial charge in [0.2, 0.25) is 11.6 Å². The van der Waals surface area contributed by atoms with Gasteiger partial charge in [-0.1, -0.05) is 18.2 Å². The Kier molecular flexibility index (Phi) is 6.32. The minimum absolute atomic E-state index is 0.0644. The highest BCUT2D eigenvalue weighted by atomic mass is 19.4. The van der Waals surface area contributed by atoms with Crippen LogP contribution in [0.5, 0.6) is 5.88 Å². The summed E-state index contributed by atoms with van der Waals surface area (Å²) in [4.78, 5) is 20.1. The molecule has 3 rings (SSSR count). The van der Waals surface area contributed by atoms with E-state index < -0.39 is 11.7 Å². The van der Waals surface area contributed by atoms with Gasteiger partial charge in [-0.2, -0.15) is 18.4 Å². The first-order valence-corrected chi connectivity index (χ1v) is 9.18. The zero-order valence-corrected chi connectivity index (χ0v) is 15.4. The van der Waals surface area contributed by atoms with Crippen LogP contribution in [0.25, 0.3) is 0 Å². The summed E-state index contributed by atoms with van der Waals surface area (Å²) < 4.78 is 44.1. The molecule has 1 aromatic heterocycles. The van der Waals surface area contributed by atoms with Crippen LogP contribution >= 0.6 is 0 Å². The van der Waals surface area contributed by atoms with Crippen molar-refractivity contribution in [3.63, 3.8) is 0 Å². The second-order valence-corrected chi connectivity index (χ2v) is 6.86. The molecular weight excluding hydrogens is 385 g/mol. The molecule has 0 bridgehead atoms. The Hall–Kier alpha value is -3.15. The predicted octanol–water partition coefficient (Wildman–Crippen LogP) is 3.42. The van der Waals surface area contributed by atoms with E-state index in [1.807, 2.05) is 6.07 Å². The number of carbonyl (C=O) groups is 1. The first-order chi connectivity index (χ1) is 13.8. The molecule has 0 atom stereocenters. The number of benzene rings is 1. The first kappa shape index (κ1) is 20.6. The zero-order chi connectivity index (χ0) is 20.9. The van der Waals surface area contributed by atoms with Crippen molar-refractivity contribution in [3.8, 4) is 11.9 Å². The second-order valence-electron chi connectivity index (χ2n) is 6.86. The molecule has 1 aliphatic rings. The van der Waals surface area contributed by atoms with Crippen molar-refractivity contribution in [2.75, 3.05) is 0 Å². The van der Waals surface area contributed by atoms with Gasteiger partial charge in [0.15, 0.2) is 0 Å². The highest BCUT2D eigenvalue weighted by Gasteiger charge is 2.30. The summed E-state index contributed by atoms with van der Waals surface area (Å²) in [5.41, 5.74) is -0.314. The molecule has 1 amide bonds. The van der Waals surface area contributed by atoms with Crippen molar-refractivity contribution < 1.29 is 22.7 Å². The van der Waals surface area contributed by atoms with E-state index in [2.05, 4.69) is 15.3 Å². The summed E-state index contributed by atoms with van der Waals surface area (Å²) >= 11 is 0. The molecule has 1 N–H and O–H groups in total. The van der Waals surface area contributed by atoms with Crippen molar-refractivity contribution in [1.82, 2.24) is 15.3 Å². The first-order valence-electron chi connectivity index (χ1n) is 9.18. The smallest absolute Gasteiger partial charge is 0.416 e. The molecule has 0 saturated heterocycles. The minimum atomic E-state index is -4.43. The fraction of sp³-hybridized carbons (Fsp3) is 0.400. The van der Waals surface area contributed by atoms with Crippen LogP contribution in [0.2, 0.25) is 0 Å². The normalized spacial score (nSPS) is 19.2. The van der Waals surface area contributed by atoms with Crippen LogP contribution in [0.15, 0.2) is 36.7 Å². The lowest BCUT2D eigenvalue weighted by Crippen LogP contribution is -2.40. The van der Waals surface area contributed by atoms with E-state index >= 15 is 0 Å². The number of carbonyl (C=O) groups excluding carboxylic acids is 1. The Balaban J connectivity index is 1.48. The summed E-state index contributed by atoms with van der Waals surface area (Å²) in [6.45, 7) is 0. The number of hydrogen-bond donors (Lipinski definition) is 1. The third-order valence-electron chi connectivity index (χ3n) is 4.71. The van der Waals surface area contributed by atoms with E-state index in [1.54, 1.807) is 0 Å². The highest BCUT2D eigenvalue weighted by Crippen LogP contribution is 2.29. The molecule has 1 heterocycles. The topological polar surface area (TPSA) is 87.9 Å². The summed E-state index contributed by atoms with van der Waals surface area (Å²) in [5.74, 6) is -0.110. The quantitative estimate of drug-likeness (QED) is 0.825. The Labute approximate surface area is 165 Å². The fourth-order valence-corrected chi connectivity index (χ4v) is 3.29. The van der Waals surface area contributed by atoms with Gasteiger partial charge < -0.3 is 10.1 Å². The number of alkyl halides is 3. The Morgan fingerprint density at radius 2 is 1.93 bits per heavy atom. The maximum absolute atomic E-state index is 12.8. The average molecular weight is 404 g/mol. The molecule has 6 nitrogen and oxygen atoms in total. The van der Waals surface area contributed by atoms with Crippen molar-refractivity contribution >= 4 is 5.91 Å². The van der Waals surface area contributed by atoms with Crippen LogP contribution in [-0.2, 0) is 17.4 Å². The number of rotatable bonds is 5. The standard InChI is InChI=1S/C20H19F3N4O2/c21-20(22,23)14-3-1-2-13(10-14)11-18(28)27-15-4-6-16(7-5-15)29-19-17(12-24)25-8-9-26-19/h1-3,8-10,15-16H,4-7,11H2,(H,27,28). The molecule has 1 aliphatic carbocycles. The van der Waals surface area contributed by atoms with Gasteiger partial charge in [-0.25, -0.2) is 9.97 Å². The molecule has 0 radical (unpaired) electrons. The van der Waals surface area contributed by atoms with E-state index in [4.69, 9.17) is 10.00 Å². The maximum atomic E-state index is 12.8. The molecule has 0 unspecified atom stereocenters. The van der Waals surface area contributed by atoms with Crippen LogP contribution in [0.4, 0.5) is 13.2 Å². The molecule has 2 aromatic rings. The summed E-state index contributed by atoms with van der Waals surface area (Å²) in [5, 5.41) is 11.9. The van der Waals surface area contributed by atoms with Crippen molar-refractivity contribution in [3.05, 3.63) is 53.5 Å². The molecule has 9 heteroatoms. The summed E-state index contributed by atoms with van der Waals surface area (Å²) in [7, 11) is 0. The number of nitriles is 1. The SMILES string of the molecule is N#Cc1nccnc1OC1CCC(NC(=O)Cc2cccc(C(F)(F)F)c2)CC1. The van der Waals surface area contributed by atoms with Gasteiger partial charge >= 0.3 is 6.18 Å². The molecule has 1 saturated carbocycles. The van der Waals surface area contributed by atoms with Gasteiger partial charge in [-0.15, -0.1) is 0 Å². The second kappa shape index (κ2) is 8.90. The molecule has 0 spiro atoms. The number of halogens is 3. The maximum Gasteiger partial charge on any atom is 0.416 e. The lowest BCUT2D eigenvalue weighted by Gasteiger charge is -2.29. The van der Waals surface area contributed by atoms with Crippen LogP contribution in [0.1, 0.15) is 42.5 Å². The van der Waals surface area contributed by atoms with Gasteiger partial charge in [-0.05, 0) is 37.3 Å². The molecule has 1 fully saturated rings. The third kappa shape index (κ3) is 5.67.